The Morgan fingerprint density at radius 3 is 2.66 bits per heavy atom. The van der Waals surface area contributed by atoms with Gasteiger partial charge in [-0.15, -0.1) is 18.2 Å². The molecular weight excluding hydrogens is 574 g/mol. The van der Waals surface area contributed by atoms with Crippen LogP contribution in [0, 0.1) is 58.7 Å². The van der Waals surface area contributed by atoms with E-state index in [4.69, 9.17) is 6.42 Å². The smallest absolute Gasteiger partial charge is 0.268 e. The third kappa shape index (κ3) is 5.02. The minimum Gasteiger partial charge on any atom is -0.393 e. The number of β-lactam (4-membered cyclic amide) rings is 1. The van der Waals surface area contributed by atoms with Crippen molar-refractivity contribution in [1.82, 2.24) is 15.5 Å². The highest BCUT2D eigenvalue weighted by atomic mass is 32.2. The fraction of sp³-hybridized carbons (Fsp3) is 0.800. The summed E-state index contributed by atoms with van der Waals surface area (Å²) in [5.41, 5.74) is 1.26. The average Bonchev–Trinajstić information content (AvgIpc) is 3.36. The Kier molecular flexibility index (Phi) is 8.69. The van der Waals surface area contributed by atoms with E-state index in [2.05, 4.69) is 37.3 Å². The number of rotatable bonds is 7. The number of thioether (sulfide) groups is 1. The van der Waals surface area contributed by atoms with Crippen molar-refractivity contribution in [2.45, 2.75) is 116 Å². The number of carbonyl (C=O) groups excluding carboxylic acids is 3. The van der Waals surface area contributed by atoms with E-state index < -0.39 is 6.04 Å². The molecule has 44 heavy (non-hydrogen) atoms. The van der Waals surface area contributed by atoms with Gasteiger partial charge in [0.2, 0.25) is 5.91 Å². The largest absolute Gasteiger partial charge is 0.393 e. The maximum absolute atomic E-state index is 13.1. The van der Waals surface area contributed by atoms with Gasteiger partial charge in [-0.25, -0.2) is 0 Å². The summed E-state index contributed by atoms with van der Waals surface area (Å²) in [5.74, 6) is 5.16. The molecule has 0 spiro atoms. The quantitative estimate of drug-likeness (QED) is 0.253. The third-order valence-corrected chi connectivity index (χ3v) is 14.8. The van der Waals surface area contributed by atoms with Crippen LogP contribution >= 0.6 is 11.8 Å². The van der Waals surface area contributed by atoms with Crippen molar-refractivity contribution in [3.05, 3.63) is 11.3 Å². The van der Waals surface area contributed by atoms with Gasteiger partial charge in [-0.3, -0.25) is 19.3 Å². The number of nitrogens with one attached hydrogen (secondary N) is 2. The predicted octanol–water partition coefficient (Wildman–Crippen LogP) is 3.82. The van der Waals surface area contributed by atoms with Crippen LogP contribution in [0.2, 0.25) is 0 Å². The SMILES string of the molecule is C#CCNC(=O)C1=C(C)CSC2C(NC(=O)CCC(C)C3CCC4C5CCC6CC(O)CCC6(C)C5CC(O)C34C)C(=O)N12. The number of hydrogen-bond acceptors (Lipinski definition) is 6. The summed E-state index contributed by atoms with van der Waals surface area (Å²) in [6.07, 6.45) is 14.2. The zero-order chi connectivity index (χ0) is 31.6. The second kappa shape index (κ2) is 12.0. The molecule has 4 saturated carbocycles. The van der Waals surface area contributed by atoms with Crippen LogP contribution in [0.5, 0.6) is 0 Å². The van der Waals surface area contributed by atoms with E-state index in [0.29, 0.717) is 47.5 Å². The summed E-state index contributed by atoms with van der Waals surface area (Å²) in [7, 11) is 0. The Bertz CT molecular complexity index is 1260. The maximum atomic E-state index is 13.1. The molecule has 0 aromatic heterocycles. The monoisotopic (exact) mass is 625 g/mol. The fourth-order valence-electron chi connectivity index (χ4n) is 11.0. The van der Waals surface area contributed by atoms with Crippen molar-refractivity contribution < 1.29 is 24.6 Å². The molecule has 9 heteroatoms. The third-order valence-electron chi connectivity index (χ3n) is 13.4. The lowest BCUT2D eigenvalue weighted by Gasteiger charge is -2.62. The van der Waals surface area contributed by atoms with E-state index in [-0.39, 0.29) is 58.6 Å². The fourth-order valence-corrected chi connectivity index (χ4v) is 12.3. The molecule has 2 aliphatic heterocycles. The lowest BCUT2D eigenvalue weighted by molar-refractivity contribution is -0.175. The van der Waals surface area contributed by atoms with Gasteiger partial charge in [0, 0.05) is 12.2 Å². The van der Waals surface area contributed by atoms with E-state index in [1.807, 2.05) is 6.92 Å². The first-order valence-corrected chi connectivity index (χ1v) is 18.0. The van der Waals surface area contributed by atoms with Crippen molar-refractivity contribution in [3.8, 4) is 12.3 Å². The first-order valence-electron chi connectivity index (χ1n) is 16.9. The zero-order valence-corrected chi connectivity index (χ0v) is 27.6. The molecular formula is C35H51N3O5S. The molecule has 0 aromatic rings. The maximum Gasteiger partial charge on any atom is 0.268 e. The van der Waals surface area contributed by atoms with Gasteiger partial charge in [-0.2, -0.15) is 0 Å². The first-order chi connectivity index (χ1) is 20.9. The van der Waals surface area contributed by atoms with Gasteiger partial charge >= 0.3 is 0 Å². The minimum atomic E-state index is -0.630. The Morgan fingerprint density at radius 1 is 1.14 bits per heavy atom. The first kappa shape index (κ1) is 31.9. The van der Waals surface area contributed by atoms with Gasteiger partial charge in [0.05, 0.1) is 18.8 Å². The standard InChI is InChI=1S/C35H51N3O5S/c1-6-15-36-31(42)30-20(3)18-44-33-29(32(43)38(30)33)37-28(41)12-7-19(2)24-10-11-25-23-9-8-21-16-22(39)13-14-34(21,4)26(23)17-27(40)35(24,25)5/h1,19,21-27,29,33,39-40H,7-18H2,2-5H3,(H,36,42)(H,37,41). The van der Waals surface area contributed by atoms with Crippen LogP contribution < -0.4 is 10.6 Å². The van der Waals surface area contributed by atoms with Crippen LogP contribution in [0.25, 0.3) is 0 Å². The van der Waals surface area contributed by atoms with E-state index in [9.17, 15) is 24.6 Å². The van der Waals surface area contributed by atoms with E-state index in [1.165, 1.54) is 17.7 Å². The molecule has 5 fully saturated rings. The van der Waals surface area contributed by atoms with Crippen LogP contribution in [0.15, 0.2) is 11.3 Å². The van der Waals surface area contributed by atoms with Crippen molar-refractivity contribution in [2.75, 3.05) is 12.3 Å². The molecule has 242 valence electrons. The van der Waals surface area contributed by atoms with Crippen LogP contribution in [-0.2, 0) is 14.4 Å². The normalized spacial score (nSPS) is 43.4. The Morgan fingerprint density at radius 2 is 1.91 bits per heavy atom. The van der Waals surface area contributed by atoms with Crippen molar-refractivity contribution in [2.24, 2.45) is 46.3 Å². The van der Waals surface area contributed by atoms with E-state index >= 15 is 0 Å². The number of aliphatic hydroxyl groups excluding tert-OH is 2. The summed E-state index contributed by atoms with van der Waals surface area (Å²) in [6, 6.07) is -0.630. The molecule has 6 rings (SSSR count). The molecule has 6 aliphatic rings. The minimum absolute atomic E-state index is 0.0950. The number of hydrogen-bond donors (Lipinski definition) is 4. The summed E-state index contributed by atoms with van der Waals surface area (Å²) in [6.45, 7) is 8.97. The molecule has 12 atom stereocenters. The lowest BCUT2D eigenvalue weighted by atomic mass is 9.43. The highest BCUT2D eigenvalue weighted by Gasteiger charge is 2.63. The van der Waals surface area contributed by atoms with Crippen LogP contribution in [0.1, 0.15) is 91.9 Å². The van der Waals surface area contributed by atoms with Gasteiger partial charge < -0.3 is 20.8 Å². The number of aliphatic hydroxyl groups is 2. The van der Waals surface area contributed by atoms with Crippen LogP contribution in [0.4, 0.5) is 0 Å². The number of nitrogens with zero attached hydrogens (tertiary/aromatic N) is 1. The molecule has 1 saturated heterocycles. The Balaban J connectivity index is 1.05. The van der Waals surface area contributed by atoms with Crippen molar-refractivity contribution >= 4 is 29.5 Å². The number of carbonyl (C=O) groups is 3. The van der Waals surface area contributed by atoms with Crippen LogP contribution in [0.3, 0.4) is 0 Å². The van der Waals surface area contributed by atoms with Crippen LogP contribution in [-0.4, -0.2) is 68.8 Å². The molecule has 12 unspecified atom stereocenters. The summed E-state index contributed by atoms with van der Waals surface area (Å²) < 4.78 is 0. The summed E-state index contributed by atoms with van der Waals surface area (Å²) >= 11 is 1.56. The number of fused-ring (bicyclic) bond motifs is 6. The summed E-state index contributed by atoms with van der Waals surface area (Å²) in [4.78, 5) is 40.4. The summed E-state index contributed by atoms with van der Waals surface area (Å²) in [5, 5.41) is 27.5. The Labute approximate surface area is 266 Å². The van der Waals surface area contributed by atoms with Gasteiger partial charge in [-0.1, -0.05) is 26.7 Å². The van der Waals surface area contributed by atoms with Gasteiger partial charge in [0.15, 0.2) is 0 Å². The average molecular weight is 626 g/mol. The van der Waals surface area contributed by atoms with E-state index in [0.717, 1.165) is 50.5 Å². The highest BCUT2D eigenvalue weighted by molar-refractivity contribution is 8.00. The second-order valence-corrected chi connectivity index (χ2v) is 16.5. The molecule has 0 radical (unpaired) electrons. The molecule has 0 bridgehead atoms. The molecule has 0 aromatic carbocycles. The number of amides is 3. The zero-order valence-electron chi connectivity index (χ0n) is 26.8. The predicted molar refractivity (Wildman–Crippen MR) is 171 cm³/mol. The molecule has 4 aliphatic carbocycles. The van der Waals surface area contributed by atoms with Gasteiger partial charge in [0.1, 0.15) is 17.1 Å². The molecule has 8 nitrogen and oxygen atoms in total. The van der Waals surface area contributed by atoms with Crippen molar-refractivity contribution in [3.63, 3.8) is 0 Å². The second-order valence-electron chi connectivity index (χ2n) is 15.4. The van der Waals surface area contributed by atoms with Gasteiger partial charge in [0.25, 0.3) is 11.8 Å². The van der Waals surface area contributed by atoms with Gasteiger partial charge in [-0.05, 0) is 117 Å². The van der Waals surface area contributed by atoms with E-state index in [1.54, 1.807) is 11.8 Å². The topological polar surface area (TPSA) is 119 Å². The highest BCUT2D eigenvalue weighted by Crippen LogP contribution is 2.68. The van der Waals surface area contributed by atoms with Crippen molar-refractivity contribution in [1.29, 1.82) is 0 Å². The number of terminal acetylenes is 1. The Hall–Kier alpha value is -2.02. The molecule has 2 heterocycles. The lowest BCUT2D eigenvalue weighted by Crippen LogP contribution is -2.71. The molecule has 4 N–H and O–H groups in total. The molecule has 3 amide bonds.